The van der Waals surface area contributed by atoms with E-state index in [1.54, 1.807) is 0 Å². The molecule has 0 atom stereocenters. The van der Waals surface area contributed by atoms with Gasteiger partial charge in [0.15, 0.2) is 0 Å². The van der Waals surface area contributed by atoms with Crippen molar-refractivity contribution in [3.8, 4) is 0 Å². The van der Waals surface area contributed by atoms with Gasteiger partial charge in [-0.05, 0) is 30.3 Å². The van der Waals surface area contributed by atoms with Crippen LogP contribution in [0.25, 0.3) is 0 Å². The molecule has 25 heavy (non-hydrogen) atoms. The quantitative estimate of drug-likeness (QED) is 0.920. The Morgan fingerprint density at radius 1 is 1.04 bits per heavy atom. The monoisotopic (exact) mass is 340 g/mol. The van der Waals surface area contributed by atoms with Crippen molar-refractivity contribution in [2.45, 2.75) is 6.42 Å². The molecular formula is C19H24N4O2. The van der Waals surface area contributed by atoms with E-state index in [2.05, 4.69) is 4.98 Å². The van der Waals surface area contributed by atoms with Gasteiger partial charge in [-0.15, -0.1) is 0 Å². The molecule has 6 heteroatoms. The number of benzene rings is 1. The third-order valence-electron chi connectivity index (χ3n) is 4.53. The van der Waals surface area contributed by atoms with Crippen molar-refractivity contribution in [1.82, 2.24) is 14.8 Å². The molecule has 0 spiro atoms. The summed E-state index contributed by atoms with van der Waals surface area (Å²) in [6, 6.07) is 11.4. The highest BCUT2D eigenvalue weighted by atomic mass is 16.2. The van der Waals surface area contributed by atoms with Crippen LogP contribution in [0.3, 0.4) is 0 Å². The number of aromatic nitrogens is 1. The summed E-state index contributed by atoms with van der Waals surface area (Å²) in [6.45, 7) is 2.31. The summed E-state index contributed by atoms with van der Waals surface area (Å²) in [6.07, 6.45) is 2.20. The Bertz CT molecular complexity index is 732. The Kier molecular flexibility index (Phi) is 5.07. The van der Waals surface area contributed by atoms with Gasteiger partial charge in [-0.3, -0.25) is 9.59 Å². The summed E-state index contributed by atoms with van der Waals surface area (Å²) in [5.74, 6) is 0.129. The molecule has 3 rings (SSSR count). The maximum absolute atomic E-state index is 12.7. The zero-order chi connectivity index (χ0) is 17.8. The number of nitrogens with zero attached hydrogens (tertiary/aromatic N) is 3. The van der Waals surface area contributed by atoms with Gasteiger partial charge in [0.25, 0.3) is 5.91 Å². The third kappa shape index (κ3) is 4.02. The summed E-state index contributed by atoms with van der Waals surface area (Å²) in [5, 5.41) is 0. The second kappa shape index (κ2) is 7.42. The number of nitrogens with one attached hydrogen (secondary N) is 1. The molecule has 1 saturated heterocycles. The lowest BCUT2D eigenvalue weighted by Gasteiger charge is -2.35. The minimum Gasteiger partial charge on any atom is -0.378 e. The average Bonchev–Trinajstić information content (AvgIpc) is 3.14. The summed E-state index contributed by atoms with van der Waals surface area (Å²) < 4.78 is 0. The Labute approximate surface area is 148 Å². The summed E-state index contributed by atoms with van der Waals surface area (Å²) in [5.41, 5.74) is 2.62. The second-order valence-corrected chi connectivity index (χ2v) is 6.49. The van der Waals surface area contributed by atoms with Crippen LogP contribution in [-0.4, -0.2) is 66.9 Å². The molecule has 132 valence electrons. The van der Waals surface area contributed by atoms with Gasteiger partial charge in [-0.2, -0.15) is 0 Å². The largest absolute Gasteiger partial charge is 0.378 e. The fraction of sp³-hybridized carbons (Fsp3) is 0.368. The predicted octanol–water partition coefficient (Wildman–Crippen LogP) is 1.61. The van der Waals surface area contributed by atoms with Gasteiger partial charge < -0.3 is 19.7 Å². The molecule has 1 aromatic heterocycles. The molecule has 0 radical (unpaired) electrons. The number of hydrogen-bond donors (Lipinski definition) is 1. The van der Waals surface area contributed by atoms with E-state index in [4.69, 9.17) is 0 Å². The van der Waals surface area contributed by atoms with E-state index in [9.17, 15) is 9.59 Å². The van der Waals surface area contributed by atoms with Gasteiger partial charge >= 0.3 is 0 Å². The van der Waals surface area contributed by atoms with Gasteiger partial charge in [0, 0.05) is 63.4 Å². The zero-order valence-electron chi connectivity index (χ0n) is 14.7. The zero-order valence-corrected chi connectivity index (χ0v) is 14.7. The summed E-state index contributed by atoms with van der Waals surface area (Å²) in [4.78, 5) is 33.7. The van der Waals surface area contributed by atoms with E-state index >= 15 is 0 Å². The third-order valence-corrected chi connectivity index (χ3v) is 4.53. The van der Waals surface area contributed by atoms with Gasteiger partial charge in [0.1, 0.15) is 0 Å². The molecule has 0 unspecified atom stereocenters. The first-order valence-corrected chi connectivity index (χ1v) is 8.51. The Morgan fingerprint density at radius 2 is 1.76 bits per heavy atom. The van der Waals surface area contributed by atoms with E-state index in [1.807, 2.05) is 71.4 Å². The Balaban J connectivity index is 1.57. The molecule has 2 amide bonds. The molecule has 0 aliphatic carbocycles. The van der Waals surface area contributed by atoms with E-state index in [0.29, 0.717) is 38.2 Å². The smallest absolute Gasteiger partial charge is 0.254 e. The standard InChI is InChI=1S/C19H24N4O2/c1-21(2)17-7-3-5-15(13-17)19(25)23-11-9-22(10-12-23)18(24)14-16-6-4-8-20-16/h3-8,13,20H,9-12,14H2,1-2H3. The molecule has 1 N–H and O–H groups in total. The molecule has 2 aromatic rings. The van der Waals surface area contributed by atoms with Crippen molar-refractivity contribution in [1.29, 1.82) is 0 Å². The number of aromatic amines is 1. The van der Waals surface area contributed by atoms with Gasteiger partial charge in [0.05, 0.1) is 6.42 Å². The average molecular weight is 340 g/mol. The number of rotatable bonds is 4. The first kappa shape index (κ1) is 17.1. The molecule has 1 aliphatic heterocycles. The fourth-order valence-electron chi connectivity index (χ4n) is 3.01. The molecule has 0 bridgehead atoms. The second-order valence-electron chi connectivity index (χ2n) is 6.49. The van der Waals surface area contributed by atoms with Crippen LogP contribution >= 0.6 is 0 Å². The van der Waals surface area contributed by atoms with Crippen LogP contribution in [0.4, 0.5) is 5.69 Å². The van der Waals surface area contributed by atoms with Crippen molar-refractivity contribution >= 4 is 17.5 Å². The molecule has 1 fully saturated rings. The van der Waals surface area contributed by atoms with Crippen LogP contribution in [0, 0.1) is 0 Å². The molecule has 1 aromatic carbocycles. The lowest BCUT2D eigenvalue weighted by atomic mass is 10.1. The van der Waals surface area contributed by atoms with Crippen molar-refractivity contribution in [2.24, 2.45) is 0 Å². The minimum absolute atomic E-state index is 0.0279. The fourth-order valence-corrected chi connectivity index (χ4v) is 3.01. The molecule has 1 aliphatic rings. The van der Waals surface area contributed by atoms with E-state index in [0.717, 1.165) is 11.4 Å². The van der Waals surface area contributed by atoms with Crippen molar-refractivity contribution in [3.05, 3.63) is 53.9 Å². The van der Waals surface area contributed by atoms with Gasteiger partial charge in [-0.1, -0.05) is 6.07 Å². The molecular weight excluding hydrogens is 316 g/mol. The summed E-state index contributed by atoms with van der Waals surface area (Å²) >= 11 is 0. The maximum Gasteiger partial charge on any atom is 0.254 e. The van der Waals surface area contributed by atoms with Crippen LogP contribution < -0.4 is 4.90 Å². The first-order chi connectivity index (χ1) is 12.0. The number of H-pyrrole nitrogens is 1. The Morgan fingerprint density at radius 3 is 2.40 bits per heavy atom. The van der Waals surface area contributed by atoms with E-state index in [1.165, 1.54) is 0 Å². The highest BCUT2D eigenvalue weighted by Gasteiger charge is 2.25. The molecule has 6 nitrogen and oxygen atoms in total. The lowest BCUT2D eigenvalue weighted by molar-refractivity contribution is -0.132. The van der Waals surface area contributed by atoms with Crippen LogP contribution in [0.1, 0.15) is 16.1 Å². The lowest BCUT2D eigenvalue weighted by Crippen LogP contribution is -2.51. The number of hydrogen-bond acceptors (Lipinski definition) is 3. The van der Waals surface area contributed by atoms with Crippen molar-refractivity contribution in [3.63, 3.8) is 0 Å². The number of carbonyl (C=O) groups excluding carboxylic acids is 2. The predicted molar refractivity (Wildman–Crippen MR) is 97.7 cm³/mol. The van der Waals surface area contributed by atoms with Gasteiger partial charge in [0.2, 0.25) is 5.91 Å². The highest BCUT2D eigenvalue weighted by Crippen LogP contribution is 2.16. The topological polar surface area (TPSA) is 59.7 Å². The minimum atomic E-state index is 0.0279. The highest BCUT2D eigenvalue weighted by molar-refractivity contribution is 5.95. The molecule has 2 heterocycles. The number of anilines is 1. The van der Waals surface area contributed by atoms with Crippen molar-refractivity contribution in [2.75, 3.05) is 45.2 Å². The normalized spacial score (nSPS) is 14.5. The summed E-state index contributed by atoms with van der Waals surface area (Å²) in [7, 11) is 3.91. The SMILES string of the molecule is CN(C)c1cccc(C(=O)N2CCN(C(=O)Cc3ccc[nH]3)CC2)c1. The van der Waals surface area contributed by atoms with Crippen LogP contribution in [0.5, 0.6) is 0 Å². The van der Waals surface area contributed by atoms with Crippen LogP contribution in [0.2, 0.25) is 0 Å². The number of amides is 2. The van der Waals surface area contributed by atoms with E-state index in [-0.39, 0.29) is 11.8 Å². The molecule has 0 saturated carbocycles. The number of piperazine rings is 1. The van der Waals surface area contributed by atoms with Crippen LogP contribution in [0.15, 0.2) is 42.6 Å². The first-order valence-electron chi connectivity index (χ1n) is 8.51. The van der Waals surface area contributed by atoms with Crippen molar-refractivity contribution < 1.29 is 9.59 Å². The van der Waals surface area contributed by atoms with E-state index < -0.39 is 0 Å². The Hall–Kier alpha value is -2.76. The van der Waals surface area contributed by atoms with Gasteiger partial charge in [-0.25, -0.2) is 0 Å². The van der Waals surface area contributed by atoms with Crippen LogP contribution in [-0.2, 0) is 11.2 Å². The maximum atomic E-state index is 12.7. The number of carbonyl (C=O) groups is 2.